The maximum atomic E-state index is 14.7. The number of H-pyrrole nitrogens is 2. The van der Waals surface area contributed by atoms with Crippen molar-refractivity contribution >= 4 is 51.7 Å². The first-order valence-corrected chi connectivity index (χ1v) is 22.0. The van der Waals surface area contributed by atoms with Crippen molar-refractivity contribution in [3.8, 4) is 0 Å². The molecule has 1 aromatic carbocycles. The van der Waals surface area contributed by atoms with Crippen molar-refractivity contribution in [2.24, 2.45) is 5.92 Å². The first-order valence-electron chi connectivity index (χ1n) is 22.0. The monoisotopic (exact) mass is 862 g/mol. The number of carbonyl (C=O) groups excluding carboxylic acids is 4. The average molecular weight is 863 g/mol. The number of hydrogen-bond donors (Lipinski definition) is 4. The van der Waals surface area contributed by atoms with Gasteiger partial charge in [0.05, 0.1) is 17.2 Å². The van der Waals surface area contributed by atoms with E-state index in [4.69, 9.17) is 4.74 Å². The minimum absolute atomic E-state index is 0.0527. The zero-order valence-electron chi connectivity index (χ0n) is 36.5. The summed E-state index contributed by atoms with van der Waals surface area (Å²) in [5.74, 6) is -0.573. The van der Waals surface area contributed by atoms with Crippen molar-refractivity contribution in [3.63, 3.8) is 0 Å². The van der Waals surface area contributed by atoms with Crippen molar-refractivity contribution in [1.29, 1.82) is 0 Å². The van der Waals surface area contributed by atoms with E-state index in [2.05, 4.69) is 40.7 Å². The van der Waals surface area contributed by atoms with Gasteiger partial charge in [-0.25, -0.2) is 19.4 Å². The zero-order valence-corrected chi connectivity index (χ0v) is 36.5. The number of aromatic nitrogens is 6. The van der Waals surface area contributed by atoms with E-state index in [1.54, 1.807) is 45.2 Å². The molecule has 2 atom stereocenters. The van der Waals surface area contributed by atoms with E-state index in [-0.39, 0.29) is 36.1 Å². The van der Waals surface area contributed by atoms with Gasteiger partial charge in [0.1, 0.15) is 17.7 Å². The number of urea groups is 1. The zero-order chi connectivity index (χ0) is 44.3. The maximum Gasteiger partial charge on any atom is 0.410 e. The molecule has 3 aliphatic heterocycles. The van der Waals surface area contributed by atoms with Gasteiger partial charge in [0, 0.05) is 94.5 Å². The summed E-state index contributed by atoms with van der Waals surface area (Å²) in [6, 6.07) is 9.10. The molecular weight excluding hydrogens is 805 g/mol. The van der Waals surface area contributed by atoms with Crippen molar-refractivity contribution in [2.45, 2.75) is 89.9 Å². The number of likely N-dealkylation sites (tertiary alicyclic amines) is 2. The van der Waals surface area contributed by atoms with Crippen LogP contribution in [0.4, 0.5) is 15.3 Å². The number of carbonyl (C=O) groups is 4. The number of imidazole rings is 1. The molecule has 0 bridgehead atoms. The van der Waals surface area contributed by atoms with Crippen LogP contribution in [0.5, 0.6) is 0 Å². The Hall–Kier alpha value is -6.46. The average Bonchev–Trinajstić information content (AvgIpc) is 3.90. The maximum absolute atomic E-state index is 14.7. The van der Waals surface area contributed by atoms with Gasteiger partial charge in [0.2, 0.25) is 11.8 Å². The van der Waals surface area contributed by atoms with E-state index >= 15 is 0 Å². The Morgan fingerprint density at radius 3 is 2.29 bits per heavy atom. The quantitative estimate of drug-likeness (QED) is 0.158. The van der Waals surface area contributed by atoms with Crippen LogP contribution in [0.15, 0.2) is 66.0 Å². The van der Waals surface area contributed by atoms with E-state index in [0.29, 0.717) is 90.1 Å². The molecule has 63 heavy (non-hydrogen) atoms. The number of nitrogens with zero attached hydrogens (tertiary/aromatic N) is 8. The molecule has 3 aliphatic rings. The van der Waals surface area contributed by atoms with Crippen LogP contribution in [0, 0.1) is 12.8 Å². The summed E-state index contributed by atoms with van der Waals surface area (Å²) in [5, 5.41) is 14.3. The summed E-state index contributed by atoms with van der Waals surface area (Å²) in [4.78, 5) is 87.9. The lowest BCUT2D eigenvalue weighted by Gasteiger charge is -2.39. The number of fused-ring (bicyclic) bond motifs is 2. The number of aromatic amines is 2. The Labute approximate surface area is 365 Å². The number of amides is 5. The molecule has 2 unspecified atom stereocenters. The highest BCUT2D eigenvalue weighted by atomic mass is 16.6. The number of pyridine rings is 2. The number of piperazine rings is 1. The highest BCUT2D eigenvalue weighted by Crippen LogP contribution is 2.27. The molecule has 18 nitrogen and oxygen atoms in total. The second kappa shape index (κ2) is 18.5. The number of benzene rings is 1. The van der Waals surface area contributed by atoms with Gasteiger partial charge in [-0.05, 0) is 107 Å². The molecule has 4 aromatic heterocycles. The number of ether oxygens (including phenoxy) is 1. The van der Waals surface area contributed by atoms with Gasteiger partial charge in [-0.2, -0.15) is 5.10 Å². The molecule has 334 valence electrons. The predicted molar refractivity (Wildman–Crippen MR) is 237 cm³/mol. The van der Waals surface area contributed by atoms with Crippen LogP contribution in [0.25, 0.3) is 22.1 Å². The molecule has 8 rings (SSSR count). The molecule has 0 spiro atoms. The third-order valence-electron chi connectivity index (χ3n) is 12.5. The van der Waals surface area contributed by atoms with Gasteiger partial charge in [-0.1, -0.05) is 6.07 Å². The standard InChI is InChI=1S/C45H58N12O6/c1-29-24-31(25-32-28-48-52-38(29)32)27-35(50-42(60)55-18-11-34(12-19-55)57-37-6-5-13-47-39(37)51-43(57)61)40(58)49-36(26-30-9-16-56(17-10-30)44(62)63-45(2,3)4)41(59)54-22-20-53(21-23-54)33-7-14-46-15-8-33/h5-8,13-15,24-25,28,30,34-36H,9-12,16-23,26-27H2,1-4H3,(H,48,52)(H,49,58)(H,50,60)(H,47,51,61). The number of piperidine rings is 2. The van der Waals surface area contributed by atoms with Crippen molar-refractivity contribution in [2.75, 3.05) is 57.3 Å². The van der Waals surface area contributed by atoms with E-state index in [1.807, 2.05) is 62.9 Å². The molecular formula is C45H58N12O6. The topological polar surface area (TPSA) is 207 Å². The van der Waals surface area contributed by atoms with Crippen molar-refractivity contribution in [3.05, 3.63) is 82.8 Å². The SMILES string of the molecule is Cc1cc(CC(NC(=O)N2CCC(n3c(=O)[nH]c4ncccc43)CC2)C(=O)NC(CC2CCN(C(=O)OC(C)(C)C)CC2)C(=O)N2CCN(c3ccncc3)CC2)cc2cn[nH]c12. The Kier molecular flexibility index (Phi) is 12.7. The van der Waals surface area contributed by atoms with Gasteiger partial charge >= 0.3 is 17.8 Å². The second-order valence-corrected chi connectivity index (χ2v) is 18.1. The number of anilines is 1. The second-order valence-electron chi connectivity index (χ2n) is 18.1. The predicted octanol–water partition coefficient (Wildman–Crippen LogP) is 4.13. The number of nitrogens with one attached hydrogen (secondary N) is 4. The van der Waals surface area contributed by atoms with Gasteiger partial charge in [0.15, 0.2) is 5.65 Å². The molecule has 7 heterocycles. The fourth-order valence-corrected chi connectivity index (χ4v) is 9.23. The van der Waals surface area contributed by atoms with Gasteiger partial charge in [-0.3, -0.25) is 29.2 Å². The van der Waals surface area contributed by atoms with E-state index < -0.39 is 29.6 Å². The molecule has 18 heteroatoms. The number of rotatable bonds is 10. The molecule has 3 saturated heterocycles. The molecule has 4 N–H and O–H groups in total. The fourth-order valence-electron chi connectivity index (χ4n) is 9.23. The van der Waals surface area contributed by atoms with Crippen LogP contribution in [-0.2, 0) is 20.7 Å². The first-order chi connectivity index (χ1) is 30.3. The third kappa shape index (κ3) is 10.1. The summed E-state index contributed by atoms with van der Waals surface area (Å²) < 4.78 is 7.35. The normalized spacial score (nSPS) is 17.8. The Bertz CT molecular complexity index is 2470. The molecule has 0 aliphatic carbocycles. The van der Waals surface area contributed by atoms with Crippen LogP contribution in [0.1, 0.15) is 70.0 Å². The minimum atomic E-state index is -1.02. The van der Waals surface area contributed by atoms with Crippen LogP contribution in [0.2, 0.25) is 0 Å². The smallest absolute Gasteiger partial charge is 0.410 e. The summed E-state index contributed by atoms with van der Waals surface area (Å²) >= 11 is 0. The summed E-state index contributed by atoms with van der Waals surface area (Å²) in [6.07, 6.45) is 9.46. The van der Waals surface area contributed by atoms with Crippen LogP contribution >= 0.6 is 0 Å². The Morgan fingerprint density at radius 1 is 0.857 bits per heavy atom. The summed E-state index contributed by atoms with van der Waals surface area (Å²) in [7, 11) is 0. The Balaban J connectivity index is 0.994. The van der Waals surface area contributed by atoms with Crippen LogP contribution in [0.3, 0.4) is 0 Å². The highest BCUT2D eigenvalue weighted by Gasteiger charge is 2.36. The molecule has 3 fully saturated rings. The summed E-state index contributed by atoms with van der Waals surface area (Å²) in [5.41, 5.74) is 4.11. The molecule has 0 radical (unpaired) electrons. The van der Waals surface area contributed by atoms with E-state index in [1.165, 1.54) is 0 Å². The van der Waals surface area contributed by atoms with Gasteiger partial charge < -0.3 is 35.0 Å². The minimum Gasteiger partial charge on any atom is -0.444 e. The highest BCUT2D eigenvalue weighted by molar-refractivity contribution is 5.92. The Morgan fingerprint density at radius 2 is 1.57 bits per heavy atom. The van der Waals surface area contributed by atoms with E-state index in [9.17, 15) is 24.0 Å². The van der Waals surface area contributed by atoms with Gasteiger partial charge in [0.25, 0.3) is 0 Å². The lowest BCUT2D eigenvalue weighted by Crippen LogP contribution is -2.59. The van der Waals surface area contributed by atoms with E-state index in [0.717, 1.165) is 33.2 Å². The number of hydrogen-bond acceptors (Lipinski definition) is 10. The first kappa shape index (κ1) is 43.2. The molecule has 0 saturated carbocycles. The number of aryl methyl sites for hydroxylation is 1. The van der Waals surface area contributed by atoms with Crippen molar-refractivity contribution < 1.29 is 23.9 Å². The molecule has 5 amide bonds. The lowest BCUT2D eigenvalue weighted by atomic mass is 9.89. The fraction of sp³-hybridized carbons (Fsp3) is 0.511. The van der Waals surface area contributed by atoms with Crippen molar-refractivity contribution in [1.82, 2.24) is 55.0 Å². The van der Waals surface area contributed by atoms with Gasteiger partial charge in [-0.15, -0.1) is 0 Å². The van der Waals surface area contributed by atoms with Crippen LogP contribution < -0.4 is 21.2 Å². The van der Waals surface area contributed by atoms with Crippen LogP contribution in [-0.4, -0.2) is 138 Å². The summed E-state index contributed by atoms with van der Waals surface area (Å²) in [6.45, 7) is 11.4. The largest absolute Gasteiger partial charge is 0.444 e. The lowest BCUT2D eigenvalue weighted by molar-refractivity contribution is -0.137. The third-order valence-corrected chi connectivity index (χ3v) is 12.5. The molecule has 5 aromatic rings.